The summed E-state index contributed by atoms with van der Waals surface area (Å²) in [6.45, 7) is 5.82. The normalized spacial score (nSPS) is 11.9. The molecule has 2 aromatic rings. The molecule has 0 saturated heterocycles. The number of halogens is 1. The monoisotopic (exact) mass is 391 g/mol. The number of ether oxygens (including phenoxy) is 1. The lowest BCUT2D eigenvalue weighted by molar-refractivity contribution is 0.413. The molecule has 0 atom stereocenters. The number of hydrogen-bond donors (Lipinski definition) is 0. The third-order valence-corrected chi connectivity index (χ3v) is 5.88. The molecule has 0 saturated carbocycles. The van der Waals surface area contributed by atoms with E-state index in [9.17, 15) is 8.42 Å². The Morgan fingerprint density at radius 1 is 1.19 bits per heavy atom. The lowest BCUT2D eigenvalue weighted by atomic mass is 10.2. The van der Waals surface area contributed by atoms with Crippen molar-refractivity contribution in [1.29, 1.82) is 0 Å². The highest BCUT2D eigenvalue weighted by Crippen LogP contribution is 2.30. The van der Waals surface area contributed by atoms with E-state index in [0.29, 0.717) is 17.7 Å². The smallest absolute Gasteiger partial charge is 0.263 e. The summed E-state index contributed by atoms with van der Waals surface area (Å²) in [7, 11) is -2.19. The van der Waals surface area contributed by atoms with Gasteiger partial charge in [-0.05, 0) is 37.6 Å². The first-order valence-corrected chi connectivity index (χ1v) is 9.92. The van der Waals surface area contributed by atoms with Gasteiger partial charge in [-0.25, -0.2) is 8.42 Å². The third-order valence-electron chi connectivity index (χ3n) is 3.80. The number of hydrogen-bond acceptors (Lipinski definition) is 3. The number of sulfonamides is 1. The molecule has 4 nitrogen and oxygen atoms in total. The highest BCUT2D eigenvalue weighted by Gasteiger charge is 2.22. The second-order valence-electron chi connectivity index (χ2n) is 5.68. The topological polar surface area (TPSA) is 46.6 Å². The molecule has 138 valence electrons. The Hall–Kier alpha value is -2.24. The van der Waals surface area contributed by atoms with E-state index in [1.54, 1.807) is 49.6 Å². The van der Waals surface area contributed by atoms with Crippen LogP contribution in [0.4, 0.5) is 0 Å². The second kappa shape index (κ2) is 8.92. The molecule has 0 N–H and O–H groups in total. The van der Waals surface area contributed by atoms with E-state index in [-0.39, 0.29) is 16.5 Å². The minimum atomic E-state index is -3.73. The first-order chi connectivity index (χ1) is 12.4. The molecule has 0 aliphatic rings. The van der Waals surface area contributed by atoms with Crippen LogP contribution >= 0.6 is 11.6 Å². The summed E-state index contributed by atoms with van der Waals surface area (Å²) in [5, 5.41) is 0.280. The lowest BCUT2D eigenvalue weighted by Crippen LogP contribution is -2.27. The maximum atomic E-state index is 13.0. The Morgan fingerprint density at radius 3 is 2.46 bits per heavy atom. The van der Waals surface area contributed by atoms with Gasteiger partial charge in [0, 0.05) is 18.3 Å². The Morgan fingerprint density at radius 2 is 1.85 bits per heavy atom. The molecule has 0 aromatic heterocycles. The van der Waals surface area contributed by atoms with E-state index in [4.69, 9.17) is 16.3 Å². The highest BCUT2D eigenvalue weighted by atomic mass is 35.5. The van der Waals surface area contributed by atoms with Crippen molar-refractivity contribution >= 4 is 26.7 Å². The maximum absolute atomic E-state index is 13.0. The van der Waals surface area contributed by atoms with Crippen molar-refractivity contribution in [2.45, 2.75) is 18.2 Å². The summed E-state index contributed by atoms with van der Waals surface area (Å²) in [5.41, 5.74) is 1.61. The molecule has 0 bridgehead atoms. The molecule has 0 spiro atoms. The number of rotatable bonds is 8. The van der Waals surface area contributed by atoms with E-state index in [2.05, 4.69) is 6.58 Å². The van der Waals surface area contributed by atoms with E-state index < -0.39 is 10.0 Å². The van der Waals surface area contributed by atoms with Crippen LogP contribution in [0.25, 0.3) is 5.03 Å². The van der Waals surface area contributed by atoms with Gasteiger partial charge in [0.05, 0.1) is 17.0 Å². The Bertz CT molecular complexity index is 890. The van der Waals surface area contributed by atoms with Crippen molar-refractivity contribution in [3.8, 4) is 5.75 Å². The molecule has 2 rings (SSSR count). The Kier molecular flexibility index (Phi) is 6.89. The molecule has 6 heteroatoms. The Balaban J connectivity index is 2.46. The maximum Gasteiger partial charge on any atom is 0.263 e. The fraction of sp³-hybridized carbons (Fsp3) is 0.200. The SMILES string of the molecule is C=CCCN(/C=C(\Cl)c1ccccc1OC)S(=O)(=O)c1ccc(C)cc1. The third kappa shape index (κ3) is 4.68. The number of aryl methyl sites for hydroxylation is 1. The summed E-state index contributed by atoms with van der Waals surface area (Å²) in [6.07, 6.45) is 3.60. The second-order valence-corrected chi connectivity index (χ2v) is 7.98. The molecule has 0 aliphatic carbocycles. The van der Waals surface area contributed by atoms with Gasteiger partial charge in [-0.15, -0.1) is 6.58 Å². The average molecular weight is 392 g/mol. The van der Waals surface area contributed by atoms with Gasteiger partial charge in [0.25, 0.3) is 10.0 Å². The summed E-state index contributed by atoms with van der Waals surface area (Å²) in [6, 6.07) is 13.9. The van der Waals surface area contributed by atoms with E-state index in [1.165, 1.54) is 10.5 Å². The van der Waals surface area contributed by atoms with Crippen LogP contribution in [0.15, 0.2) is 72.3 Å². The van der Waals surface area contributed by atoms with Crippen LogP contribution in [0, 0.1) is 6.92 Å². The zero-order chi connectivity index (χ0) is 19.2. The zero-order valence-electron chi connectivity index (χ0n) is 14.9. The quantitative estimate of drug-likeness (QED) is 0.607. The largest absolute Gasteiger partial charge is 0.496 e. The van der Waals surface area contributed by atoms with Crippen molar-refractivity contribution in [2.24, 2.45) is 0 Å². The molecule has 0 aliphatic heterocycles. The van der Waals surface area contributed by atoms with Crippen LogP contribution in [0.3, 0.4) is 0 Å². The van der Waals surface area contributed by atoms with Gasteiger partial charge < -0.3 is 4.74 Å². The fourth-order valence-electron chi connectivity index (χ4n) is 2.36. The predicted octanol–water partition coefficient (Wildman–Crippen LogP) is 4.81. The molecule has 0 amide bonds. The van der Waals surface area contributed by atoms with E-state index in [0.717, 1.165) is 5.56 Å². The van der Waals surface area contributed by atoms with Crippen LogP contribution in [0.2, 0.25) is 0 Å². The summed E-state index contributed by atoms with van der Waals surface area (Å²) in [4.78, 5) is 0.216. The van der Waals surface area contributed by atoms with Gasteiger partial charge >= 0.3 is 0 Å². The van der Waals surface area contributed by atoms with Gasteiger partial charge in [-0.2, -0.15) is 0 Å². The van der Waals surface area contributed by atoms with Crippen molar-refractivity contribution in [2.75, 3.05) is 13.7 Å². The van der Waals surface area contributed by atoms with Crippen LogP contribution in [-0.4, -0.2) is 26.4 Å². The number of para-hydroxylation sites is 1. The van der Waals surface area contributed by atoms with Gasteiger partial charge in [-0.3, -0.25) is 4.31 Å². The number of methoxy groups -OCH3 is 1. The summed E-state index contributed by atoms with van der Waals surface area (Å²) < 4.78 is 32.6. The van der Waals surface area contributed by atoms with E-state index in [1.807, 2.05) is 19.1 Å². The first kappa shape index (κ1) is 20.1. The van der Waals surface area contributed by atoms with Crippen molar-refractivity contribution in [3.63, 3.8) is 0 Å². The fourth-order valence-corrected chi connectivity index (χ4v) is 4.03. The highest BCUT2D eigenvalue weighted by molar-refractivity contribution is 7.89. The Labute approximate surface area is 160 Å². The lowest BCUT2D eigenvalue weighted by Gasteiger charge is -2.21. The van der Waals surface area contributed by atoms with Crippen molar-refractivity contribution in [1.82, 2.24) is 4.31 Å². The summed E-state index contributed by atoms with van der Waals surface area (Å²) in [5.74, 6) is 0.574. The average Bonchev–Trinajstić information content (AvgIpc) is 2.65. The predicted molar refractivity (Wildman–Crippen MR) is 107 cm³/mol. The van der Waals surface area contributed by atoms with E-state index >= 15 is 0 Å². The molecule has 0 radical (unpaired) electrons. The molecule has 26 heavy (non-hydrogen) atoms. The summed E-state index contributed by atoms with van der Waals surface area (Å²) >= 11 is 6.43. The van der Waals surface area contributed by atoms with Gasteiger partial charge in [0.15, 0.2) is 0 Å². The van der Waals surface area contributed by atoms with Crippen molar-refractivity contribution < 1.29 is 13.2 Å². The van der Waals surface area contributed by atoms with Gasteiger partial charge in [-0.1, -0.05) is 47.5 Å². The molecule has 0 fully saturated rings. The van der Waals surface area contributed by atoms with Crippen LogP contribution in [-0.2, 0) is 10.0 Å². The molecular formula is C20H22ClNO3S. The molecule has 2 aromatic carbocycles. The van der Waals surface area contributed by atoms with Crippen molar-refractivity contribution in [3.05, 3.63) is 78.5 Å². The van der Waals surface area contributed by atoms with Gasteiger partial charge in [0.1, 0.15) is 5.75 Å². The first-order valence-electron chi connectivity index (χ1n) is 8.10. The van der Waals surface area contributed by atoms with Crippen LogP contribution in [0.5, 0.6) is 5.75 Å². The van der Waals surface area contributed by atoms with Gasteiger partial charge in [0.2, 0.25) is 0 Å². The zero-order valence-corrected chi connectivity index (χ0v) is 16.4. The standard InChI is InChI=1S/C20H22ClNO3S/c1-4-5-14-22(26(23,24)17-12-10-16(2)11-13-17)15-19(21)18-8-6-7-9-20(18)25-3/h4,6-13,15H,1,5,14H2,2-3H3/b19-15-. The minimum absolute atomic E-state index is 0.216. The van der Waals surface area contributed by atoms with Crippen LogP contribution in [0.1, 0.15) is 17.5 Å². The molecule has 0 heterocycles. The molecule has 0 unspecified atom stereocenters. The van der Waals surface area contributed by atoms with Crippen LogP contribution < -0.4 is 4.74 Å². The number of benzene rings is 2. The minimum Gasteiger partial charge on any atom is -0.496 e. The number of nitrogens with zero attached hydrogens (tertiary/aromatic N) is 1. The molecular weight excluding hydrogens is 370 g/mol.